The van der Waals surface area contributed by atoms with E-state index in [1.54, 1.807) is 13.1 Å². The molecule has 1 heterocycles. The lowest BCUT2D eigenvalue weighted by Crippen LogP contribution is -2.48. The molecule has 5 heteroatoms. The van der Waals surface area contributed by atoms with Crippen LogP contribution in [-0.4, -0.2) is 21.6 Å². The van der Waals surface area contributed by atoms with Crippen molar-refractivity contribution in [2.45, 2.75) is 45.1 Å². The maximum absolute atomic E-state index is 11.7. The highest BCUT2D eigenvalue weighted by Gasteiger charge is 2.41. The summed E-state index contributed by atoms with van der Waals surface area (Å²) in [5.41, 5.74) is 4.77. The molecule has 0 saturated heterocycles. The summed E-state index contributed by atoms with van der Waals surface area (Å²) in [6.45, 7) is 5.88. The highest BCUT2D eigenvalue weighted by molar-refractivity contribution is 9.10. The maximum Gasteiger partial charge on any atom is 0.250 e. The number of amides is 1. The summed E-state index contributed by atoms with van der Waals surface area (Å²) in [6.07, 6.45) is 2.63. The van der Waals surface area contributed by atoms with Crippen LogP contribution in [0.4, 0.5) is 0 Å². The number of hydrogen-bond acceptors (Lipinski definition) is 3. The Hall–Kier alpha value is -0.940. The van der Waals surface area contributed by atoms with E-state index < -0.39 is 11.5 Å². The van der Waals surface area contributed by atoms with Crippen LogP contribution >= 0.6 is 15.9 Å². The Morgan fingerprint density at radius 1 is 1.58 bits per heavy atom. The fourth-order valence-corrected chi connectivity index (χ4v) is 2.69. The summed E-state index contributed by atoms with van der Waals surface area (Å²) >= 11 is 3.31. The molecule has 106 valence electrons. The van der Waals surface area contributed by atoms with E-state index in [0.717, 1.165) is 5.56 Å². The monoisotopic (exact) mass is 328 g/mol. The molecule has 2 atom stereocenters. The van der Waals surface area contributed by atoms with E-state index >= 15 is 0 Å². The van der Waals surface area contributed by atoms with E-state index in [0.29, 0.717) is 23.4 Å². The Labute approximate surface area is 122 Å². The molecule has 0 saturated carbocycles. The van der Waals surface area contributed by atoms with Crippen LogP contribution in [-0.2, 0) is 4.79 Å². The van der Waals surface area contributed by atoms with Crippen LogP contribution in [0.2, 0.25) is 0 Å². The van der Waals surface area contributed by atoms with Gasteiger partial charge in [0.2, 0.25) is 5.91 Å². The molecule has 1 amide bonds. The van der Waals surface area contributed by atoms with Crippen LogP contribution in [0, 0.1) is 5.92 Å². The van der Waals surface area contributed by atoms with Gasteiger partial charge in [-0.15, -0.1) is 0 Å². The van der Waals surface area contributed by atoms with Gasteiger partial charge in [-0.25, -0.2) is 4.98 Å². The van der Waals surface area contributed by atoms with Crippen molar-refractivity contribution in [3.05, 3.63) is 28.5 Å². The van der Waals surface area contributed by atoms with Crippen molar-refractivity contribution in [1.82, 2.24) is 4.98 Å². The second-order valence-corrected chi connectivity index (χ2v) is 6.05. The van der Waals surface area contributed by atoms with Crippen LogP contribution in [0.3, 0.4) is 0 Å². The van der Waals surface area contributed by atoms with E-state index in [1.165, 1.54) is 0 Å². The highest BCUT2D eigenvalue weighted by atomic mass is 79.9. The summed E-state index contributed by atoms with van der Waals surface area (Å²) in [5, 5.41) is 10.6. The normalized spacial score (nSPS) is 16.1. The smallest absolute Gasteiger partial charge is 0.250 e. The first-order valence-electron chi connectivity index (χ1n) is 6.45. The van der Waals surface area contributed by atoms with E-state index in [1.807, 2.05) is 12.1 Å². The zero-order chi connectivity index (χ0) is 14.6. The standard InChI is InChI=1S/C14H21BrN2O2/c1-4-14(19,13(16)18)11(7-9(2)3)10-5-6-17-12(15)8-10/h5-6,8-9,11,19H,4,7H2,1-3H3,(H2,16,18). The first-order chi connectivity index (χ1) is 8.81. The molecule has 0 aliphatic rings. The number of carbonyl (C=O) groups is 1. The highest BCUT2D eigenvalue weighted by Crippen LogP contribution is 2.36. The summed E-state index contributed by atoms with van der Waals surface area (Å²) in [6, 6.07) is 3.65. The second-order valence-electron chi connectivity index (χ2n) is 5.24. The number of hydrogen-bond donors (Lipinski definition) is 2. The second kappa shape index (κ2) is 6.48. The van der Waals surface area contributed by atoms with Gasteiger partial charge >= 0.3 is 0 Å². The van der Waals surface area contributed by atoms with Gasteiger partial charge in [0.1, 0.15) is 10.2 Å². The SMILES string of the molecule is CCC(O)(C(N)=O)C(CC(C)C)c1ccnc(Br)c1. The number of rotatable bonds is 6. The Balaban J connectivity index is 3.25. The van der Waals surface area contributed by atoms with Crippen molar-refractivity contribution in [2.24, 2.45) is 11.7 Å². The lowest BCUT2D eigenvalue weighted by molar-refractivity contribution is -0.139. The Morgan fingerprint density at radius 2 is 2.21 bits per heavy atom. The number of primary amides is 1. The number of nitrogens with two attached hydrogens (primary N) is 1. The summed E-state index contributed by atoms with van der Waals surface area (Å²) in [4.78, 5) is 15.8. The van der Waals surface area contributed by atoms with Crippen LogP contribution in [0.15, 0.2) is 22.9 Å². The number of carbonyl (C=O) groups excluding carboxylic acids is 1. The minimum atomic E-state index is -1.52. The molecule has 19 heavy (non-hydrogen) atoms. The molecule has 0 aliphatic carbocycles. The number of aliphatic hydroxyl groups is 1. The predicted octanol–water partition coefficient (Wildman–Crippen LogP) is 2.60. The lowest BCUT2D eigenvalue weighted by atomic mass is 9.75. The van der Waals surface area contributed by atoms with Crippen molar-refractivity contribution in [3.8, 4) is 0 Å². The first-order valence-corrected chi connectivity index (χ1v) is 7.24. The van der Waals surface area contributed by atoms with Crippen LogP contribution < -0.4 is 5.73 Å². The fourth-order valence-electron chi connectivity index (χ4n) is 2.30. The van der Waals surface area contributed by atoms with E-state index in [2.05, 4.69) is 34.8 Å². The number of halogens is 1. The third kappa shape index (κ3) is 3.76. The molecule has 3 N–H and O–H groups in total. The topological polar surface area (TPSA) is 76.2 Å². The third-order valence-electron chi connectivity index (χ3n) is 3.40. The van der Waals surface area contributed by atoms with Gasteiger partial charge in [-0.1, -0.05) is 20.8 Å². The predicted molar refractivity (Wildman–Crippen MR) is 78.6 cm³/mol. The molecule has 1 aromatic heterocycles. The Kier molecular flexibility index (Phi) is 5.50. The molecular weight excluding hydrogens is 308 g/mol. The van der Waals surface area contributed by atoms with Crippen molar-refractivity contribution < 1.29 is 9.90 Å². The minimum absolute atomic E-state index is 0.291. The number of aromatic nitrogens is 1. The summed E-state index contributed by atoms with van der Waals surface area (Å²) in [7, 11) is 0. The molecule has 0 aliphatic heterocycles. The van der Waals surface area contributed by atoms with E-state index in [9.17, 15) is 9.90 Å². The van der Waals surface area contributed by atoms with Crippen LogP contribution in [0.25, 0.3) is 0 Å². The fraction of sp³-hybridized carbons (Fsp3) is 0.571. The Morgan fingerprint density at radius 3 is 2.63 bits per heavy atom. The molecule has 0 aromatic carbocycles. The van der Waals surface area contributed by atoms with Crippen LogP contribution in [0.5, 0.6) is 0 Å². The van der Waals surface area contributed by atoms with Crippen LogP contribution in [0.1, 0.15) is 45.1 Å². The molecule has 2 unspecified atom stereocenters. The first kappa shape index (κ1) is 16.1. The zero-order valence-corrected chi connectivity index (χ0v) is 13.1. The largest absolute Gasteiger partial charge is 0.379 e. The van der Waals surface area contributed by atoms with Crippen molar-refractivity contribution in [2.75, 3.05) is 0 Å². The molecule has 1 aromatic rings. The molecule has 0 fully saturated rings. The van der Waals surface area contributed by atoms with E-state index in [4.69, 9.17) is 5.73 Å². The van der Waals surface area contributed by atoms with E-state index in [-0.39, 0.29) is 5.92 Å². The van der Waals surface area contributed by atoms with Gasteiger partial charge in [-0.2, -0.15) is 0 Å². The molecular formula is C14H21BrN2O2. The van der Waals surface area contributed by atoms with Gasteiger partial charge in [0.15, 0.2) is 0 Å². The number of nitrogens with zero attached hydrogens (tertiary/aromatic N) is 1. The zero-order valence-electron chi connectivity index (χ0n) is 11.6. The van der Waals surface area contributed by atoms with Gasteiger partial charge in [-0.05, 0) is 52.4 Å². The van der Waals surface area contributed by atoms with Gasteiger partial charge in [-0.3, -0.25) is 4.79 Å². The Bertz CT molecular complexity index is 451. The third-order valence-corrected chi connectivity index (χ3v) is 3.84. The molecule has 0 spiro atoms. The van der Waals surface area contributed by atoms with Gasteiger partial charge in [0.25, 0.3) is 0 Å². The lowest BCUT2D eigenvalue weighted by Gasteiger charge is -2.34. The molecule has 0 radical (unpaired) electrons. The van der Waals surface area contributed by atoms with Gasteiger partial charge < -0.3 is 10.8 Å². The summed E-state index contributed by atoms with van der Waals surface area (Å²) < 4.78 is 0.682. The van der Waals surface area contributed by atoms with Crippen molar-refractivity contribution in [1.29, 1.82) is 0 Å². The molecule has 0 bridgehead atoms. The molecule has 4 nitrogen and oxygen atoms in total. The average molecular weight is 329 g/mol. The van der Waals surface area contributed by atoms with Crippen molar-refractivity contribution in [3.63, 3.8) is 0 Å². The minimum Gasteiger partial charge on any atom is -0.379 e. The average Bonchev–Trinajstić information content (AvgIpc) is 2.34. The van der Waals surface area contributed by atoms with Gasteiger partial charge in [0, 0.05) is 12.1 Å². The number of pyridine rings is 1. The van der Waals surface area contributed by atoms with Crippen molar-refractivity contribution >= 4 is 21.8 Å². The summed E-state index contributed by atoms with van der Waals surface area (Å²) in [5.74, 6) is -0.655. The maximum atomic E-state index is 11.7. The van der Waals surface area contributed by atoms with Gasteiger partial charge in [0.05, 0.1) is 0 Å². The quantitative estimate of drug-likeness (QED) is 0.788. The molecule has 1 rings (SSSR count).